The SMILES string of the molecule is O=CCC1(O)CC(C(=O)O)C1. The van der Waals surface area contributed by atoms with E-state index in [-0.39, 0.29) is 19.3 Å². The summed E-state index contributed by atoms with van der Waals surface area (Å²) in [4.78, 5) is 20.3. The van der Waals surface area contributed by atoms with Crippen LogP contribution in [0.25, 0.3) is 0 Å². The molecule has 0 aromatic heterocycles. The van der Waals surface area contributed by atoms with E-state index in [4.69, 9.17) is 5.11 Å². The van der Waals surface area contributed by atoms with E-state index in [1.165, 1.54) is 0 Å². The molecule has 0 radical (unpaired) electrons. The Labute approximate surface area is 63.8 Å². The predicted octanol–water partition coefficient (Wildman–Crippen LogP) is -0.199. The first-order valence-electron chi connectivity index (χ1n) is 3.46. The van der Waals surface area contributed by atoms with E-state index in [2.05, 4.69) is 0 Å². The second-order valence-corrected chi connectivity index (χ2v) is 3.04. The summed E-state index contributed by atoms with van der Waals surface area (Å²) in [5.74, 6) is -1.35. The quantitative estimate of drug-likeness (QED) is 0.558. The second kappa shape index (κ2) is 2.62. The Balaban J connectivity index is 2.37. The molecule has 0 amide bonds. The first kappa shape index (κ1) is 8.20. The van der Waals surface area contributed by atoms with Gasteiger partial charge in [-0.25, -0.2) is 0 Å². The average molecular weight is 158 g/mol. The van der Waals surface area contributed by atoms with E-state index in [1.807, 2.05) is 0 Å². The highest BCUT2D eigenvalue weighted by Gasteiger charge is 2.45. The van der Waals surface area contributed by atoms with Gasteiger partial charge >= 0.3 is 5.97 Å². The maximum absolute atomic E-state index is 10.3. The van der Waals surface area contributed by atoms with Gasteiger partial charge in [-0.05, 0) is 12.8 Å². The van der Waals surface area contributed by atoms with E-state index in [9.17, 15) is 14.7 Å². The van der Waals surface area contributed by atoms with Crippen LogP contribution < -0.4 is 0 Å². The lowest BCUT2D eigenvalue weighted by molar-refractivity contribution is -0.159. The molecule has 4 heteroatoms. The van der Waals surface area contributed by atoms with Gasteiger partial charge in [-0.15, -0.1) is 0 Å². The molecule has 1 aliphatic rings. The number of carbonyl (C=O) groups excluding carboxylic acids is 1. The Bertz CT molecular complexity index is 181. The number of carboxylic acid groups (broad SMARTS) is 1. The molecule has 1 saturated carbocycles. The van der Waals surface area contributed by atoms with Crippen molar-refractivity contribution < 1.29 is 19.8 Å². The van der Waals surface area contributed by atoms with Crippen molar-refractivity contribution in [2.24, 2.45) is 5.92 Å². The molecule has 0 aromatic carbocycles. The Morgan fingerprint density at radius 2 is 2.18 bits per heavy atom. The van der Waals surface area contributed by atoms with Gasteiger partial charge in [0.2, 0.25) is 0 Å². The summed E-state index contributed by atoms with van der Waals surface area (Å²) < 4.78 is 0. The normalized spacial score (nSPS) is 35.9. The molecular weight excluding hydrogens is 148 g/mol. The topological polar surface area (TPSA) is 74.6 Å². The van der Waals surface area contributed by atoms with Crippen LogP contribution in [0.15, 0.2) is 0 Å². The molecule has 0 bridgehead atoms. The zero-order valence-electron chi connectivity index (χ0n) is 5.99. The molecule has 1 rings (SSSR count). The molecule has 4 nitrogen and oxygen atoms in total. The lowest BCUT2D eigenvalue weighted by atomic mass is 9.69. The fourth-order valence-electron chi connectivity index (χ4n) is 1.35. The van der Waals surface area contributed by atoms with E-state index in [1.54, 1.807) is 0 Å². The third kappa shape index (κ3) is 1.57. The highest BCUT2D eigenvalue weighted by molar-refractivity contribution is 5.72. The molecule has 0 atom stereocenters. The number of hydrogen-bond donors (Lipinski definition) is 2. The van der Waals surface area contributed by atoms with Gasteiger partial charge in [0.25, 0.3) is 0 Å². The number of hydrogen-bond acceptors (Lipinski definition) is 3. The lowest BCUT2D eigenvalue weighted by Crippen LogP contribution is -2.47. The van der Waals surface area contributed by atoms with E-state index in [0.717, 1.165) is 0 Å². The summed E-state index contributed by atoms with van der Waals surface area (Å²) in [5, 5.41) is 17.8. The van der Waals surface area contributed by atoms with Crippen LogP contribution in [0.3, 0.4) is 0 Å². The zero-order valence-corrected chi connectivity index (χ0v) is 5.99. The number of rotatable bonds is 3. The summed E-state index contributed by atoms with van der Waals surface area (Å²) in [6.45, 7) is 0. The van der Waals surface area contributed by atoms with Gasteiger partial charge in [-0.3, -0.25) is 4.79 Å². The first-order valence-corrected chi connectivity index (χ1v) is 3.46. The van der Waals surface area contributed by atoms with Crippen molar-refractivity contribution >= 4 is 12.3 Å². The number of aldehydes is 1. The number of aliphatic hydroxyl groups is 1. The fourth-order valence-corrected chi connectivity index (χ4v) is 1.35. The van der Waals surface area contributed by atoms with E-state index >= 15 is 0 Å². The second-order valence-electron chi connectivity index (χ2n) is 3.04. The Hall–Kier alpha value is -0.900. The summed E-state index contributed by atoms with van der Waals surface area (Å²) in [6.07, 6.45) is 1.09. The minimum Gasteiger partial charge on any atom is -0.481 e. The van der Waals surface area contributed by atoms with E-state index < -0.39 is 17.5 Å². The third-order valence-electron chi connectivity index (χ3n) is 2.07. The Kier molecular flexibility index (Phi) is 1.95. The van der Waals surface area contributed by atoms with Crippen molar-refractivity contribution in [3.05, 3.63) is 0 Å². The molecule has 2 N–H and O–H groups in total. The first-order chi connectivity index (χ1) is 5.07. The zero-order chi connectivity index (χ0) is 8.48. The summed E-state index contributed by atoms with van der Waals surface area (Å²) in [7, 11) is 0. The van der Waals surface area contributed by atoms with Crippen molar-refractivity contribution in [2.45, 2.75) is 24.9 Å². The van der Waals surface area contributed by atoms with Gasteiger partial charge in [-0.1, -0.05) is 0 Å². The number of carboxylic acids is 1. The van der Waals surface area contributed by atoms with Crippen LogP contribution >= 0.6 is 0 Å². The van der Waals surface area contributed by atoms with Crippen LogP contribution in [0, 0.1) is 5.92 Å². The number of carbonyl (C=O) groups is 2. The third-order valence-corrected chi connectivity index (χ3v) is 2.07. The van der Waals surface area contributed by atoms with Crippen LogP contribution in [-0.2, 0) is 9.59 Å². The van der Waals surface area contributed by atoms with Crippen molar-refractivity contribution in [2.75, 3.05) is 0 Å². The van der Waals surface area contributed by atoms with E-state index in [0.29, 0.717) is 6.29 Å². The van der Waals surface area contributed by atoms with Gasteiger partial charge in [-0.2, -0.15) is 0 Å². The summed E-state index contributed by atoms with van der Waals surface area (Å²) in [6, 6.07) is 0. The average Bonchev–Trinajstić information content (AvgIpc) is 1.82. The molecule has 0 spiro atoms. The Morgan fingerprint density at radius 1 is 1.64 bits per heavy atom. The smallest absolute Gasteiger partial charge is 0.306 e. The molecule has 11 heavy (non-hydrogen) atoms. The summed E-state index contributed by atoms with van der Waals surface area (Å²) in [5.41, 5.74) is -1.02. The molecule has 0 saturated heterocycles. The van der Waals surface area contributed by atoms with Gasteiger partial charge in [0.15, 0.2) is 0 Å². The maximum Gasteiger partial charge on any atom is 0.306 e. The van der Waals surface area contributed by atoms with Crippen molar-refractivity contribution in [3.8, 4) is 0 Å². The molecule has 0 heterocycles. The minimum absolute atomic E-state index is 0.0524. The molecule has 0 aliphatic heterocycles. The molecule has 0 aromatic rings. The van der Waals surface area contributed by atoms with Gasteiger partial charge < -0.3 is 15.0 Å². The van der Waals surface area contributed by atoms with Gasteiger partial charge in [0, 0.05) is 6.42 Å². The molecular formula is C7H10O4. The van der Waals surface area contributed by atoms with Crippen molar-refractivity contribution in [3.63, 3.8) is 0 Å². The minimum atomic E-state index is -1.02. The fraction of sp³-hybridized carbons (Fsp3) is 0.714. The van der Waals surface area contributed by atoms with Crippen LogP contribution in [0.1, 0.15) is 19.3 Å². The van der Waals surface area contributed by atoms with Crippen molar-refractivity contribution in [1.29, 1.82) is 0 Å². The van der Waals surface area contributed by atoms with Crippen molar-refractivity contribution in [1.82, 2.24) is 0 Å². The van der Waals surface area contributed by atoms with Gasteiger partial charge in [0.1, 0.15) is 6.29 Å². The van der Waals surface area contributed by atoms with Crippen LogP contribution in [-0.4, -0.2) is 28.1 Å². The molecule has 0 unspecified atom stereocenters. The highest BCUT2D eigenvalue weighted by atomic mass is 16.4. The Morgan fingerprint density at radius 3 is 2.55 bits per heavy atom. The monoisotopic (exact) mass is 158 g/mol. The molecule has 62 valence electrons. The molecule has 1 aliphatic carbocycles. The predicted molar refractivity (Wildman–Crippen MR) is 36.0 cm³/mol. The molecule has 1 fully saturated rings. The highest BCUT2D eigenvalue weighted by Crippen LogP contribution is 2.39. The van der Waals surface area contributed by atoms with Crippen LogP contribution in [0.5, 0.6) is 0 Å². The van der Waals surface area contributed by atoms with Gasteiger partial charge in [0.05, 0.1) is 11.5 Å². The largest absolute Gasteiger partial charge is 0.481 e. The van der Waals surface area contributed by atoms with Crippen LogP contribution in [0.4, 0.5) is 0 Å². The van der Waals surface area contributed by atoms with Crippen LogP contribution in [0.2, 0.25) is 0 Å². The lowest BCUT2D eigenvalue weighted by Gasteiger charge is -2.40. The summed E-state index contributed by atoms with van der Waals surface area (Å²) >= 11 is 0. The number of aliphatic carboxylic acids is 1. The maximum atomic E-state index is 10.3. The standard InChI is InChI=1S/C7H10O4/c8-2-1-7(11)3-5(4-7)6(9)10/h2,5,11H,1,3-4H2,(H,9,10).